The fourth-order valence-electron chi connectivity index (χ4n) is 2.44. The Labute approximate surface area is 141 Å². The zero-order valence-corrected chi connectivity index (χ0v) is 13.4. The number of aromatic nitrogens is 2. The first-order chi connectivity index (χ1) is 11.3. The molecule has 24 heavy (non-hydrogen) atoms. The smallest absolute Gasteiger partial charge is 0.383 e. The number of halogens is 4. The van der Waals surface area contributed by atoms with Crippen LogP contribution in [0.3, 0.4) is 0 Å². The summed E-state index contributed by atoms with van der Waals surface area (Å²) in [5, 5.41) is 4.03. The monoisotopic (exact) mass is 351 g/mol. The van der Waals surface area contributed by atoms with Gasteiger partial charge in [-0.1, -0.05) is 41.4 Å². The Bertz CT molecular complexity index is 883. The molecule has 3 nitrogen and oxygen atoms in total. The van der Waals surface area contributed by atoms with Crippen LogP contribution in [0.25, 0.3) is 16.8 Å². The summed E-state index contributed by atoms with van der Waals surface area (Å²) in [6, 6.07) is 13.0. The molecule has 7 heteroatoms. The highest BCUT2D eigenvalue weighted by molar-refractivity contribution is 6.30. The van der Waals surface area contributed by atoms with Crippen LogP contribution in [0.15, 0.2) is 48.5 Å². The number of hydrogen-bond acceptors (Lipinski definition) is 2. The van der Waals surface area contributed by atoms with Crippen LogP contribution in [0.1, 0.15) is 11.3 Å². The maximum atomic E-state index is 13.4. The van der Waals surface area contributed by atoms with Crippen molar-refractivity contribution in [1.29, 1.82) is 0 Å². The molecular weight excluding hydrogens is 339 g/mol. The molecule has 0 unspecified atom stereocenters. The van der Waals surface area contributed by atoms with Gasteiger partial charge in [0.25, 0.3) is 0 Å². The average molecular weight is 352 g/mol. The zero-order valence-electron chi connectivity index (χ0n) is 12.6. The highest BCUT2D eigenvalue weighted by Gasteiger charge is 2.39. The molecule has 0 aliphatic heterocycles. The van der Waals surface area contributed by atoms with E-state index in [1.807, 2.05) is 6.92 Å². The molecule has 0 aliphatic rings. The third-order valence-corrected chi connectivity index (χ3v) is 3.82. The lowest BCUT2D eigenvalue weighted by molar-refractivity contribution is -0.140. The second-order valence-electron chi connectivity index (χ2n) is 5.36. The molecule has 3 aromatic rings. The van der Waals surface area contributed by atoms with E-state index in [9.17, 15) is 13.2 Å². The molecule has 0 aliphatic carbocycles. The van der Waals surface area contributed by atoms with Gasteiger partial charge in [-0.3, -0.25) is 0 Å². The van der Waals surface area contributed by atoms with Crippen LogP contribution in [0.5, 0.6) is 0 Å². The van der Waals surface area contributed by atoms with Crippen molar-refractivity contribution in [2.75, 3.05) is 5.73 Å². The predicted octanol–water partition coefficient (Wildman–Crippen LogP) is 5.10. The van der Waals surface area contributed by atoms with E-state index >= 15 is 0 Å². The zero-order chi connectivity index (χ0) is 17.5. The van der Waals surface area contributed by atoms with Gasteiger partial charge in [-0.05, 0) is 36.8 Å². The third-order valence-electron chi connectivity index (χ3n) is 3.58. The van der Waals surface area contributed by atoms with Gasteiger partial charge in [0, 0.05) is 5.02 Å². The second kappa shape index (κ2) is 5.87. The number of rotatable bonds is 2. The Morgan fingerprint density at radius 2 is 1.75 bits per heavy atom. The molecule has 0 saturated carbocycles. The molecule has 1 aromatic heterocycles. The number of aryl methyl sites for hydroxylation is 1. The summed E-state index contributed by atoms with van der Waals surface area (Å²) < 4.78 is 41.4. The largest absolute Gasteiger partial charge is 0.435 e. The summed E-state index contributed by atoms with van der Waals surface area (Å²) >= 11 is 5.91. The first-order valence-corrected chi connectivity index (χ1v) is 7.44. The normalized spacial score (nSPS) is 11.7. The Balaban J connectivity index is 2.26. The summed E-state index contributed by atoms with van der Waals surface area (Å²) in [5.41, 5.74) is 6.50. The highest BCUT2D eigenvalue weighted by Crippen LogP contribution is 2.41. The first-order valence-electron chi connectivity index (χ1n) is 7.06. The fraction of sp³-hybridized carbons (Fsp3) is 0.118. The van der Waals surface area contributed by atoms with Crippen LogP contribution in [0, 0.1) is 6.92 Å². The lowest BCUT2D eigenvalue weighted by Crippen LogP contribution is -2.08. The average Bonchev–Trinajstić information content (AvgIpc) is 2.86. The summed E-state index contributed by atoms with van der Waals surface area (Å²) in [6.45, 7) is 1.88. The molecule has 0 radical (unpaired) electrons. The van der Waals surface area contributed by atoms with Crippen LogP contribution in [0.2, 0.25) is 5.02 Å². The Morgan fingerprint density at radius 1 is 1.08 bits per heavy atom. The summed E-state index contributed by atoms with van der Waals surface area (Å²) in [5.74, 6) is -0.0894. The van der Waals surface area contributed by atoms with Crippen molar-refractivity contribution in [3.05, 3.63) is 64.8 Å². The third kappa shape index (κ3) is 2.97. The van der Waals surface area contributed by atoms with Gasteiger partial charge in [0.15, 0.2) is 5.69 Å². The van der Waals surface area contributed by atoms with Gasteiger partial charge >= 0.3 is 6.18 Å². The number of benzene rings is 2. The van der Waals surface area contributed by atoms with E-state index in [0.29, 0.717) is 10.7 Å². The predicted molar refractivity (Wildman–Crippen MR) is 88.2 cm³/mol. The number of anilines is 1. The number of nitrogen functional groups attached to an aromatic ring is 1. The second-order valence-corrected chi connectivity index (χ2v) is 5.80. The number of alkyl halides is 3. The van der Waals surface area contributed by atoms with Crippen LogP contribution in [-0.2, 0) is 6.18 Å². The summed E-state index contributed by atoms with van der Waals surface area (Å²) in [6.07, 6.45) is -4.64. The van der Waals surface area contributed by atoms with Gasteiger partial charge in [-0.2, -0.15) is 18.3 Å². The van der Waals surface area contributed by atoms with E-state index in [1.165, 1.54) is 12.1 Å². The molecule has 0 atom stereocenters. The van der Waals surface area contributed by atoms with Crippen molar-refractivity contribution in [3.63, 3.8) is 0 Å². The Morgan fingerprint density at radius 3 is 2.33 bits per heavy atom. The maximum Gasteiger partial charge on any atom is 0.435 e. The lowest BCUT2D eigenvalue weighted by atomic mass is 10.1. The van der Waals surface area contributed by atoms with Crippen LogP contribution in [0.4, 0.5) is 19.0 Å². The van der Waals surface area contributed by atoms with Crippen LogP contribution in [-0.4, -0.2) is 9.78 Å². The minimum atomic E-state index is -4.64. The van der Waals surface area contributed by atoms with Crippen LogP contribution >= 0.6 is 11.6 Å². The van der Waals surface area contributed by atoms with Crippen molar-refractivity contribution < 1.29 is 13.2 Å². The minimum Gasteiger partial charge on any atom is -0.383 e. The topological polar surface area (TPSA) is 43.8 Å². The maximum absolute atomic E-state index is 13.4. The van der Waals surface area contributed by atoms with Crippen molar-refractivity contribution in [3.8, 4) is 16.8 Å². The molecule has 2 aromatic carbocycles. The minimum absolute atomic E-state index is 0.0894. The van der Waals surface area contributed by atoms with Gasteiger partial charge in [0.05, 0.1) is 11.3 Å². The molecule has 2 N–H and O–H groups in total. The van der Waals surface area contributed by atoms with E-state index in [0.717, 1.165) is 10.2 Å². The van der Waals surface area contributed by atoms with Crippen molar-refractivity contribution in [1.82, 2.24) is 9.78 Å². The quantitative estimate of drug-likeness (QED) is 0.697. The molecule has 0 fully saturated rings. The molecule has 3 rings (SSSR count). The van der Waals surface area contributed by atoms with E-state index in [2.05, 4.69) is 5.10 Å². The van der Waals surface area contributed by atoms with E-state index in [-0.39, 0.29) is 16.9 Å². The van der Waals surface area contributed by atoms with E-state index in [4.69, 9.17) is 17.3 Å². The molecule has 1 heterocycles. The molecule has 0 bridgehead atoms. The fourth-order valence-corrected chi connectivity index (χ4v) is 2.63. The molecule has 0 saturated heterocycles. The number of nitrogens with zero attached hydrogens (tertiary/aromatic N) is 2. The van der Waals surface area contributed by atoms with Crippen molar-refractivity contribution in [2.45, 2.75) is 13.1 Å². The molecular formula is C17H13ClF3N3. The highest BCUT2D eigenvalue weighted by atomic mass is 35.5. The Hall–Kier alpha value is -2.47. The van der Waals surface area contributed by atoms with Gasteiger partial charge in [0.1, 0.15) is 5.82 Å². The summed E-state index contributed by atoms with van der Waals surface area (Å²) in [7, 11) is 0. The molecule has 0 amide bonds. The van der Waals surface area contributed by atoms with E-state index < -0.39 is 11.9 Å². The first kappa shape index (κ1) is 16.4. The van der Waals surface area contributed by atoms with Crippen molar-refractivity contribution in [2.24, 2.45) is 0 Å². The molecule has 0 spiro atoms. The Kier molecular flexibility index (Phi) is 4.01. The number of hydrogen-bond donors (Lipinski definition) is 1. The lowest BCUT2D eigenvalue weighted by Gasteiger charge is -2.07. The van der Waals surface area contributed by atoms with Gasteiger partial charge in [-0.25, -0.2) is 4.68 Å². The van der Waals surface area contributed by atoms with Gasteiger partial charge in [-0.15, -0.1) is 0 Å². The summed E-state index contributed by atoms with van der Waals surface area (Å²) in [4.78, 5) is 0. The molecule has 124 valence electrons. The number of nitrogens with two attached hydrogens (primary N) is 1. The van der Waals surface area contributed by atoms with Gasteiger partial charge in [0.2, 0.25) is 0 Å². The van der Waals surface area contributed by atoms with Crippen molar-refractivity contribution >= 4 is 17.4 Å². The van der Waals surface area contributed by atoms with Crippen LogP contribution < -0.4 is 5.73 Å². The standard InChI is InChI=1S/C17H13ClF3N3/c1-10-5-7-13(8-6-10)24-16(22)14(15(23-24)17(19,20)21)11-3-2-4-12(18)9-11/h2-9H,22H2,1H3. The SMILES string of the molecule is Cc1ccc(-n2nc(C(F)(F)F)c(-c3cccc(Cl)c3)c2N)cc1. The van der Waals surface area contributed by atoms with Gasteiger partial charge < -0.3 is 5.73 Å². The van der Waals surface area contributed by atoms with E-state index in [1.54, 1.807) is 36.4 Å².